The number of carboxylic acids is 1. The fourth-order valence-electron chi connectivity index (χ4n) is 3.82. The predicted octanol–water partition coefficient (Wildman–Crippen LogP) is 4.26. The number of benzene rings is 2. The van der Waals surface area contributed by atoms with Gasteiger partial charge in [-0.3, -0.25) is 9.59 Å². The highest BCUT2D eigenvalue weighted by Gasteiger charge is 2.48. The summed E-state index contributed by atoms with van der Waals surface area (Å²) >= 11 is 6.14. The molecule has 5 nitrogen and oxygen atoms in total. The predicted molar refractivity (Wildman–Crippen MR) is 93.1 cm³/mol. The van der Waals surface area contributed by atoms with Gasteiger partial charge in [-0.15, -0.1) is 0 Å². The van der Waals surface area contributed by atoms with E-state index in [0.29, 0.717) is 27.8 Å². The molecule has 2 heterocycles. The standard InChI is InChI=1S/C19H16ClNO4/c1-10-8-16(22)21-13-9-11(20)6-7-15(13)25-14-5-3-2-4-12(14)18(21)17(10)19(23)24/h2-7,9-10,17-18H,8H2,1H3,(H,23,24)/t10?,17?,18-/m1/s1. The molecule has 0 spiro atoms. The SMILES string of the molecule is CC1CC(=O)N2c3cc(Cl)ccc3Oc3ccccc3[C@@H]2C1C(=O)O. The van der Waals surface area contributed by atoms with Crippen LogP contribution in [0.25, 0.3) is 0 Å². The van der Waals surface area contributed by atoms with Crippen molar-refractivity contribution in [2.45, 2.75) is 19.4 Å². The van der Waals surface area contributed by atoms with Gasteiger partial charge in [0.25, 0.3) is 0 Å². The molecule has 0 aliphatic carbocycles. The molecule has 128 valence electrons. The molecular weight excluding hydrogens is 342 g/mol. The van der Waals surface area contributed by atoms with Crippen LogP contribution in [0.2, 0.25) is 5.02 Å². The van der Waals surface area contributed by atoms with Crippen molar-refractivity contribution in [2.75, 3.05) is 4.90 Å². The van der Waals surface area contributed by atoms with E-state index in [1.54, 1.807) is 36.1 Å². The second kappa shape index (κ2) is 5.77. The number of carbonyl (C=O) groups is 2. The largest absolute Gasteiger partial charge is 0.481 e. The number of carbonyl (C=O) groups excluding carboxylic acids is 1. The quantitative estimate of drug-likeness (QED) is 0.828. The highest BCUT2D eigenvalue weighted by Crippen LogP contribution is 2.51. The van der Waals surface area contributed by atoms with Gasteiger partial charge in [0, 0.05) is 17.0 Å². The third kappa shape index (κ3) is 2.46. The summed E-state index contributed by atoms with van der Waals surface area (Å²) in [7, 11) is 0. The molecular formula is C19H16ClNO4. The minimum absolute atomic E-state index is 0.126. The lowest BCUT2D eigenvalue weighted by atomic mass is 9.77. The third-order valence-electron chi connectivity index (χ3n) is 4.92. The maximum Gasteiger partial charge on any atom is 0.309 e. The molecule has 25 heavy (non-hydrogen) atoms. The molecule has 1 saturated heterocycles. The summed E-state index contributed by atoms with van der Waals surface area (Å²) in [6.07, 6.45) is 0.168. The molecule has 2 unspecified atom stereocenters. The third-order valence-corrected chi connectivity index (χ3v) is 5.16. The van der Waals surface area contributed by atoms with Crippen molar-refractivity contribution in [2.24, 2.45) is 11.8 Å². The summed E-state index contributed by atoms with van der Waals surface area (Å²) in [5.74, 6) is -1.00. The molecule has 0 bridgehead atoms. The molecule has 4 rings (SSSR count). The number of rotatable bonds is 1. The topological polar surface area (TPSA) is 66.8 Å². The summed E-state index contributed by atoms with van der Waals surface area (Å²) in [6, 6.07) is 11.7. The van der Waals surface area contributed by atoms with Crippen LogP contribution in [0.15, 0.2) is 42.5 Å². The van der Waals surface area contributed by atoms with E-state index in [1.165, 1.54) is 0 Å². The molecule has 2 aromatic carbocycles. The highest BCUT2D eigenvalue weighted by molar-refractivity contribution is 6.31. The van der Waals surface area contributed by atoms with Gasteiger partial charge in [0.15, 0.2) is 5.75 Å². The van der Waals surface area contributed by atoms with Crippen LogP contribution in [0.5, 0.6) is 11.5 Å². The number of hydrogen-bond donors (Lipinski definition) is 1. The first-order valence-corrected chi connectivity index (χ1v) is 8.46. The van der Waals surface area contributed by atoms with Crippen molar-refractivity contribution in [1.82, 2.24) is 0 Å². The first-order valence-electron chi connectivity index (χ1n) is 8.08. The van der Waals surface area contributed by atoms with Crippen molar-refractivity contribution >= 4 is 29.2 Å². The second-order valence-electron chi connectivity index (χ2n) is 6.51. The summed E-state index contributed by atoms with van der Waals surface area (Å²) in [5.41, 5.74) is 1.21. The monoisotopic (exact) mass is 357 g/mol. The second-order valence-corrected chi connectivity index (χ2v) is 6.94. The van der Waals surface area contributed by atoms with Gasteiger partial charge in [-0.25, -0.2) is 0 Å². The lowest BCUT2D eigenvalue weighted by molar-refractivity contribution is -0.146. The Balaban J connectivity index is 2.01. The molecule has 2 aliphatic heterocycles. The molecule has 6 heteroatoms. The number of anilines is 1. The van der Waals surface area contributed by atoms with Crippen molar-refractivity contribution in [3.63, 3.8) is 0 Å². The normalized spacial score (nSPS) is 24.5. The maximum atomic E-state index is 12.9. The van der Waals surface area contributed by atoms with Crippen LogP contribution in [0.3, 0.4) is 0 Å². The number of nitrogens with zero attached hydrogens (tertiary/aromatic N) is 1. The van der Waals surface area contributed by atoms with Crippen molar-refractivity contribution in [3.05, 3.63) is 53.1 Å². The number of halogens is 1. The molecule has 2 aromatic rings. The Hall–Kier alpha value is -2.53. The fourth-order valence-corrected chi connectivity index (χ4v) is 3.99. The molecule has 0 aromatic heterocycles. The number of para-hydroxylation sites is 1. The van der Waals surface area contributed by atoms with Crippen LogP contribution in [-0.4, -0.2) is 17.0 Å². The summed E-state index contributed by atoms with van der Waals surface area (Å²) < 4.78 is 6.02. The van der Waals surface area contributed by atoms with Crippen LogP contribution in [-0.2, 0) is 9.59 Å². The first kappa shape index (κ1) is 16.0. The number of hydrogen-bond acceptors (Lipinski definition) is 3. The summed E-state index contributed by atoms with van der Waals surface area (Å²) in [4.78, 5) is 26.4. The lowest BCUT2D eigenvalue weighted by Crippen LogP contribution is -2.48. The number of carboxylic acid groups (broad SMARTS) is 1. The van der Waals surface area contributed by atoms with E-state index in [2.05, 4.69) is 0 Å². The van der Waals surface area contributed by atoms with Gasteiger partial charge in [-0.2, -0.15) is 0 Å². The fraction of sp³-hybridized carbons (Fsp3) is 0.263. The Morgan fingerprint density at radius 2 is 2.00 bits per heavy atom. The number of aliphatic carboxylic acids is 1. The maximum absolute atomic E-state index is 12.9. The number of amides is 1. The molecule has 3 atom stereocenters. The van der Waals surface area contributed by atoms with Gasteiger partial charge in [0.2, 0.25) is 5.91 Å². The van der Waals surface area contributed by atoms with Gasteiger partial charge in [-0.1, -0.05) is 36.7 Å². The van der Waals surface area contributed by atoms with Gasteiger partial charge in [-0.05, 0) is 30.2 Å². The summed E-state index contributed by atoms with van der Waals surface area (Å²) in [6.45, 7) is 1.81. The zero-order valence-corrected chi connectivity index (χ0v) is 14.2. The zero-order valence-electron chi connectivity index (χ0n) is 13.5. The molecule has 1 N–H and O–H groups in total. The number of piperidine rings is 1. The first-order chi connectivity index (χ1) is 12.0. The van der Waals surface area contributed by atoms with Gasteiger partial charge < -0.3 is 14.7 Å². The Morgan fingerprint density at radius 3 is 2.76 bits per heavy atom. The number of ether oxygens (including phenoxy) is 1. The van der Waals surface area contributed by atoms with E-state index in [-0.39, 0.29) is 18.2 Å². The molecule has 0 radical (unpaired) electrons. The van der Waals surface area contributed by atoms with Crippen LogP contribution in [0.4, 0.5) is 5.69 Å². The van der Waals surface area contributed by atoms with Crippen LogP contribution < -0.4 is 9.64 Å². The molecule has 1 fully saturated rings. The Labute approximate surface area is 149 Å². The Kier molecular flexibility index (Phi) is 3.69. The highest BCUT2D eigenvalue weighted by atomic mass is 35.5. The Bertz CT molecular complexity index is 881. The average molecular weight is 358 g/mol. The van der Waals surface area contributed by atoms with Gasteiger partial charge in [0.1, 0.15) is 5.75 Å². The van der Waals surface area contributed by atoms with E-state index in [0.717, 1.165) is 0 Å². The van der Waals surface area contributed by atoms with Crippen molar-refractivity contribution in [1.29, 1.82) is 0 Å². The van der Waals surface area contributed by atoms with Crippen molar-refractivity contribution < 1.29 is 19.4 Å². The minimum atomic E-state index is -0.921. The van der Waals surface area contributed by atoms with E-state index in [1.807, 2.05) is 18.2 Å². The zero-order chi connectivity index (χ0) is 17.7. The number of fused-ring (bicyclic) bond motifs is 5. The van der Waals surface area contributed by atoms with E-state index in [4.69, 9.17) is 16.3 Å². The smallest absolute Gasteiger partial charge is 0.309 e. The molecule has 0 saturated carbocycles. The van der Waals surface area contributed by atoms with Gasteiger partial charge >= 0.3 is 5.97 Å². The van der Waals surface area contributed by atoms with Gasteiger partial charge in [0.05, 0.1) is 17.6 Å². The molecule has 1 amide bonds. The van der Waals surface area contributed by atoms with Crippen LogP contribution >= 0.6 is 11.6 Å². The van der Waals surface area contributed by atoms with Crippen LogP contribution in [0, 0.1) is 11.8 Å². The average Bonchev–Trinajstić information content (AvgIpc) is 2.69. The lowest BCUT2D eigenvalue weighted by Gasteiger charge is -2.41. The van der Waals surface area contributed by atoms with E-state index < -0.39 is 17.9 Å². The minimum Gasteiger partial charge on any atom is -0.481 e. The molecule has 2 aliphatic rings. The van der Waals surface area contributed by atoms with E-state index >= 15 is 0 Å². The van der Waals surface area contributed by atoms with Crippen molar-refractivity contribution in [3.8, 4) is 11.5 Å². The Morgan fingerprint density at radius 1 is 1.24 bits per heavy atom. The van der Waals surface area contributed by atoms with E-state index in [9.17, 15) is 14.7 Å². The van der Waals surface area contributed by atoms with Crippen LogP contribution in [0.1, 0.15) is 24.9 Å². The summed E-state index contributed by atoms with van der Waals surface area (Å²) in [5, 5.41) is 10.3.